The molecule has 0 unspecified atom stereocenters. The molecule has 0 fully saturated rings. The van der Waals surface area contributed by atoms with Crippen LogP contribution >= 0.6 is 0 Å². The number of rotatable bonds is 3. The Hall–Kier alpha value is -0.600. The summed E-state index contributed by atoms with van der Waals surface area (Å²) in [5, 5.41) is 5.02. The van der Waals surface area contributed by atoms with E-state index in [9.17, 15) is 13.2 Å². The summed E-state index contributed by atoms with van der Waals surface area (Å²) in [4.78, 5) is 10.9. The average Bonchev–Trinajstić information content (AvgIpc) is 2.17. The molecule has 2 amide bonds. The fourth-order valence-corrected chi connectivity index (χ4v) is 1.53. The van der Waals surface area contributed by atoms with Crippen LogP contribution in [0.3, 0.4) is 0 Å². The Morgan fingerprint density at radius 3 is 2.24 bits per heavy atom. The second kappa shape index (κ2) is 6.97. The maximum absolute atomic E-state index is 11.1. The van der Waals surface area contributed by atoms with Crippen LogP contribution < -0.4 is 10.6 Å². The van der Waals surface area contributed by atoms with E-state index in [0.717, 1.165) is 0 Å². The predicted octanol–water partition coefficient (Wildman–Crippen LogP) is 0.694. The molecular weight excluding hydrogens is 255 g/mol. The van der Waals surface area contributed by atoms with Crippen LogP contribution in [0, 0.1) is 0 Å². The molecule has 0 atom stereocenters. The summed E-state index contributed by atoms with van der Waals surface area (Å²) < 4.78 is 30.2. The molecule has 17 heavy (non-hydrogen) atoms. The first-order chi connectivity index (χ1) is 7.43. The second-order valence-electron chi connectivity index (χ2n) is 2.98. The summed E-state index contributed by atoms with van der Waals surface area (Å²) in [6.07, 6.45) is 0. The number of hydrogen-bond acceptors (Lipinski definition) is 3. The van der Waals surface area contributed by atoms with Crippen molar-refractivity contribution < 1.29 is 17.8 Å². The zero-order chi connectivity index (χ0) is 12.2. The molecule has 3 N–H and O–H groups in total. The van der Waals surface area contributed by atoms with E-state index in [0.29, 0.717) is 12.2 Å². The average molecular weight is 267 g/mol. The van der Waals surface area contributed by atoms with Crippen LogP contribution in [0.2, 0.25) is 0 Å². The van der Waals surface area contributed by atoms with Gasteiger partial charge in [-0.3, -0.25) is 4.55 Å². The zero-order valence-corrected chi connectivity index (χ0v) is 12.4. The van der Waals surface area contributed by atoms with E-state index in [1.165, 1.54) is 24.3 Å². The van der Waals surface area contributed by atoms with Gasteiger partial charge in [0.25, 0.3) is 10.1 Å². The number of nitrogens with one attached hydrogen (secondary N) is 2. The van der Waals surface area contributed by atoms with Crippen molar-refractivity contribution in [3.63, 3.8) is 0 Å². The van der Waals surface area contributed by atoms with Gasteiger partial charge < -0.3 is 10.6 Å². The number of carbonyl (C=O) groups is 1. The van der Waals surface area contributed by atoms with Crippen LogP contribution in [0.25, 0.3) is 0 Å². The van der Waals surface area contributed by atoms with Crippen molar-refractivity contribution in [1.29, 1.82) is 0 Å². The molecule has 0 aliphatic heterocycles. The van der Waals surface area contributed by atoms with Crippen LogP contribution in [0.15, 0.2) is 29.2 Å². The molecule has 0 aliphatic rings. The summed E-state index contributed by atoms with van der Waals surface area (Å²) >= 11 is 0. The summed E-state index contributed by atoms with van der Waals surface area (Å²) in [5.41, 5.74) is 0.443. The molecule has 0 saturated heterocycles. The number of urea groups is 1. The van der Waals surface area contributed by atoms with Gasteiger partial charge >= 0.3 is 6.03 Å². The van der Waals surface area contributed by atoms with Gasteiger partial charge in [0.05, 0.1) is 4.90 Å². The third-order valence-corrected chi connectivity index (χ3v) is 2.62. The van der Waals surface area contributed by atoms with Crippen molar-refractivity contribution >= 4 is 51.4 Å². The monoisotopic (exact) mass is 267 g/mol. The van der Waals surface area contributed by atoms with Crippen LogP contribution in [0.5, 0.6) is 0 Å². The molecule has 0 spiro atoms. The van der Waals surface area contributed by atoms with Crippen LogP contribution in [0.4, 0.5) is 10.5 Å². The van der Waals surface area contributed by atoms with Gasteiger partial charge in [-0.2, -0.15) is 8.42 Å². The Morgan fingerprint density at radius 2 is 1.82 bits per heavy atom. The first kappa shape index (κ1) is 16.4. The standard InChI is InChI=1S/C9H12N2O4S.Na/c1-2-10-9(12)11-7-3-5-8(6-4-7)16(13,14)15;/h3-6H,2H2,1H3,(H2,10,11,12)(H,13,14,15);. The van der Waals surface area contributed by atoms with Gasteiger partial charge in [-0.05, 0) is 31.2 Å². The first-order valence-electron chi connectivity index (χ1n) is 4.56. The third kappa shape index (κ3) is 5.51. The molecule has 0 heterocycles. The number of amides is 2. The van der Waals surface area contributed by atoms with Gasteiger partial charge in [0.1, 0.15) is 0 Å². The van der Waals surface area contributed by atoms with Crippen molar-refractivity contribution in [2.75, 3.05) is 11.9 Å². The molecule has 1 rings (SSSR count). The Kier molecular flexibility index (Phi) is 6.73. The molecule has 0 bridgehead atoms. The van der Waals surface area contributed by atoms with Crippen molar-refractivity contribution in [3.8, 4) is 0 Å². The molecule has 0 aliphatic carbocycles. The largest absolute Gasteiger partial charge is 0.338 e. The van der Waals surface area contributed by atoms with Crippen molar-refractivity contribution in [1.82, 2.24) is 5.32 Å². The van der Waals surface area contributed by atoms with Gasteiger partial charge in [-0.25, -0.2) is 4.79 Å². The summed E-state index contributed by atoms with van der Waals surface area (Å²) in [7, 11) is -4.19. The zero-order valence-electron chi connectivity index (χ0n) is 9.60. The quantitative estimate of drug-likeness (QED) is 0.554. The van der Waals surface area contributed by atoms with Crippen LogP contribution in [-0.2, 0) is 10.1 Å². The number of anilines is 1. The maximum atomic E-state index is 11.1. The maximum Gasteiger partial charge on any atom is 0.319 e. The number of benzene rings is 1. The SMILES string of the molecule is CCNC(=O)Nc1ccc(S(=O)(=O)O)cc1.[Na]. The minimum Gasteiger partial charge on any atom is -0.338 e. The van der Waals surface area contributed by atoms with Gasteiger partial charge in [0.2, 0.25) is 0 Å². The minimum absolute atomic E-state index is 0. The van der Waals surface area contributed by atoms with E-state index in [1.54, 1.807) is 6.92 Å². The van der Waals surface area contributed by atoms with E-state index >= 15 is 0 Å². The fraction of sp³-hybridized carbons (Fsp3) is 0.222. The molecule has 0 aromatic heterocycles. The minimum atomic E-state index is -4.19. The van der Waals surface area contributed by atoms with E-state index in [2.05, 4.69) is 10.6 Å². The van der Waals surface area contributed by atoms with E-state index in [1.807, 2.05) is 0 Å². The summed E-state index contributed by atoms with van der Waals surface area (Å²) in [6.45, 7) is 2.27. The molecular formula is C9H12N2NaO4S. The predicted molar refractivity (Wildman–Crippen MR) is 64.7 cm³/mol. The van der Waals surface area contributed by atoms with Crippen molar-refractivity contribution in [2.45, 2.75) is 11.8 Å². The summed E-state index contributed by atoms with van der Waals surface area (Å²) in [6, 6.07) is 4.81. The Balaban J connectivity index is 0.00000256. The van der Waals surface area contributed by atoms with Gasteiger partial charge in [-0.15, -0.1) is 0 Å². The van der Waals surface area contributed by atoms with Gasteiger partial charge in [-0.1, -0.05) is 0 Å². The molecule has 1 aromatic rings. The van der Waals surface area contributed by atoms with Crippen molar-refractivity contribution in [2.24, 2.45) is 0 Å². The number of hydrogen-bond donors (Lipinski definition) is 3. The molecule has 1 radical (unpaired) electrons. The fourth-order valence-electron chi connectivity index (χ4n) is 1.05. The second-order valence-corrected chi connectivity index (χ2v) is 4.41. The Labute approximate surface area is 122 Å². The Morgan fingerprint density at radius 1 is 1.29 bits per heavy atom. The van der Waals surface area contributed by atoms with Gasteiger partial charge in [0, 0.05) is 41.8 Å². The molecule has 8 heteroatoms. The van der Waals surface area contributed by atoms with E-state index in [-0.39, 0.29) is 40.5 Å². The summed E-state index contributed by atoms with van der Waals surface area (Å²) in [5.74, 6) is 0. The van der Waals surface area contributed by atoms with Crippen molar-refractivity contribution in [3.05, 3.63) is 24.3 Å². The third-order valence-electron chi connectivity index (χ3n) is 1.75. The number of carbonyl (C=O) groups excluding carboxylic acids is 1. The Bertz CT molecular complexity index is 472. The smallest absolute Gasteiger partial charge is 0.319 e. The van der Waals surface area contributed by atoms with E-state index < -0.39 is 10.1 Å². The molecule has 6 nitrogen and oxygen atoms in total. The van der Waals surface area contributed by atoms with Crippen LogP contribution in [0.1, 0.15) is 6.92 Å². The van der Waals surface area contributed by atoms with E-state index in [4.69, 9.17) is 4.55 Å². The first-order valence-corrected chi connectivity index (χ1v) is 6.00. The molecule has 1 aromatic carbocycles. The molecule has 0 saturated carbocycles. The molecule has 89 valence electrons. The topological polar surface area (TPSA) is 95.5 Å². The normalized spacial score (nSPS) is 10.2. The van der Waals surface area contributed by atoms with Gasteiger partial charge in [0.15, 0.2) is 0 Å². The van der Waals surface area contributed by atoms with Crippen LogP contribution in [-0.4, -0.2) is 55.1 Å².